The quantitative estimate of drug-likeness (QED) is 0.666. The van der Waals surface area contributed by atoms with Crippen molar-refractivity contribution in [2.45, 2.75) is 19.6 Å². The second-order valence-corrected chi connectivity index (χ2v) is 3.17. The standard InChI is InChI=1S/C9H18N4O2/c1-14-6-5-13-9(7-15-2)8(3-4-10)11-12-13/h3-7,10H2,1-2H3. The van der Waals surface area contributed by atoms with Crippen LogP contribution < -0.4 is 5.73 Å². The number of hydrogen-bond donors (Lipinski definition) is 1. The van der Waals surface area contributed by atoms with Gasteiger partial charge in [-0.2, -0.15) is 0 Å². The molecule has 0 atom stereocenters. The van der Waals surface area contributed by atoms with Crippen LogP contribution in [0.15, 0.2) is 0 Å². The number of hydrogen-bond acceptors (Lipinski definition) is 5. The smallest absolute Gasteiger partial charge is 0.0900 e. The molecule has 1 aromatic heterocycles. The van der Waals surface area contributed by atoms with Gasteiger partial charge in [0.15, 0.2) is 0 Å². The van der Waals surface area contributed by atoms with Crippen LogP contribution in [0.2, 0.25) is 0 Å². The van der Waals surface area contributed by atoms with Crippen LogP contribution in [0.25, 0.3) is 0 Å². The molecular weight excluding hydrogens is 196 g/mol. The van der Waals surface area contributed by atoms with Crippen LogP contribution in [0.4, 0.5) is 0 Å². The van der Waals surface area contributed by atoms with Gasteiger partial charge in [0.05, 0.1) is 31.1 Å². The lowest BCUT2D eigenvalue weighted by Gasteiger charge is -2.06. The number of rotatable bonds is 7. The maximum atomic E-state index is 5.49. The molecule has 86 valence electrons. The van der Waals surface area contributed by atoms with Crippen LogP contribution in [-0.4, -0.2) is 42.4 Å². The number of methoxy groups -OCH3 is 2. The van der Waals surface area contributed by atoms with Crippen molar-refractivity contribution in [3.05, 3.63) is 11.4 Å². The van der Waals surface area contributed by atoms with Gasteiger partial charge in [-0.25, -0.2) is 4.68 Å². The highest BCUT2D eigenvalue weighted by Crippen LogP contribution is 2.07. The van der Waals surface area contributed by atoms with E-state index in [1.165, 1.54) is 0 Å². The van der Waals surface area contributed by atoms with Crippen molar-refractivity contribution in [3.8, 4) is 0 Å². The van der Waals surface area contributed by atoms with E-state index >= 15 is 0 Å². The summed E-state index contributed by atoms with van der Waals surface area (Å²) in [6.07, 6.45) is 0.728. The molecule has 0 aliphatic heterocycles. The van der Waals surface area contributed by atoms with E-state index in [9.17, 15) is 0 Å². The largest absolute Gasteiger partial charge is 0.383 e. The Morgan fingerprint density at radius 1 is 1.33 bits per heavy atom. The fraction of sp³-hybridized carbons (Fsp3) is 0.778. The molecule has 0 radical (unpaired) electrons. The molecule has 6 heteroatoms. The SMILES string of the molecule is COCCn1nnc(CCN)c1COC. The zero-order valence-corrected chi connectivity index (χ0v) is 9.27. The second-order valence-electron chi connectivity index (χ2n) is 3.17. The summed E-state index contributed by atoms with van der Waals surface area (Å²) >= 11 is 0. The molecule has 0 fully saturated rings. The average molecular weight is 214 g/mol. The summed E-state index contributed by atoms with van der Waals surface area (Å²) in [6.45, 7) is 2.38. The Kier molecular flexibility index (Phi) is 5.23. The van der Waals surface area contributed by atoms with E-state index in [0.29, 0.717) is 26.3 Å². The fourth-order valence-electron chi connectivity index (χ4n) is 1.35. The number of nitrogens with zero attached hydrogens (tertiary/aromatic N) is 3. The second kappa shape index (κ2) is 6.49. The Morgan fingerprint density at radius 2 is 2.13 bits per heavy atom. The van der Waals surface area contributed by atoms with Gasteiger partial charge in [-0.15, -0.1) is 5.10 Å². The van der Waals surface area contributed by atoms with Crippen molar-refractivity contribution in [3.63, 3.8) is 0 Å². The molecule has 0 unspecified atom stereocenters. The van der Waals surface area contributed by atoms with Crippen LogP contribution in [0.1, 0.15) is 11.4 Å². The average Bonchev–Trinajstić information content (AvgIpc) is 2.60. The van der Waals surface area contributed by atoms with E-state index in [1.54, 1.807) is 18.9 Å². The summed E-state index contributed by atoms with van der Waals surface area (Å²) in [5, 5.41) is 8.12. The van der Waals surface area contributed by atoms with E-state index < -0.39 is 0 Å². The predicted octanol–water partition coefficient (Wildman–Crippen LogP) is -0.428. The van der Waals surface area contributed by atoms with E-state index in [-0.39, 0.29) is 0 Å². The van der Waals surface area contributed by atoms with Crippen molar-refractivity contribution < 1.29 is 9.47 Å². The summed E-state index contributed by atoms with van der Waals surface area (Å²) in [7, 11) is 3.31. The zero-order valence-electron chi connectivity index (χ0n) is 9.27. The minimum absolute atomic E-state index is 0.506. The summed E-state index contributed by atoms with van der Waals surface area (Å²) in [4.78, 5) is 0. The van der Waals surface area contributed by atoms with Crippen LogP contribution in [0.3, 0.4) is 0 Å². The number of ether oxygens (including phenoxy) is 2. The minimum Gasteiger partial charge on any atom is -0.383 e. The van der Waals surface area contributed by atoms with Gasteiger partial charge < -0.3 is 15.2 Å². The molecule has 1 aromatic rings. The first-order valence-corrected chi connectivity index (χ1v) is 4.92. The Balaban J connectivity index is 2.75. The number of aromatic nitrogens is 3. The number of nitrogens with two attached hydrogens (primary N) is 1. The van der Waals surface area contributed by atoms with Gasteiger partial charge in [0.25, 0.3) is 0 Å². The van der Waals surface area contributed by atoms with Gasteiger partial charge in [0.2, 0.25) is 0 Å². The lowest BCUT2D eigenvalue weighted by atomic mass is 10.2. The van der Waals surface area contributed by atoms with Crippen molar-refractivity contribution in [1.29, 1.82) is 0 Å². The van der Waals surface area contributed by atoms with Crippen molar-refractivity contribution in [2.24, 2.45) is 5.73 Å². The first-order chi connectivity index (χ1) is 7.33. The van der Waals surface area contributed by atoms with Crippen molar-refractivity contribution >= 4 is 0 Å². The van der Waals surface area contributed by atoms with Crippen LogP contribution in [-0.2, 0) is 29.0 Å². The lowest BCUT2D eigenvalue weighted by molar-refractivity contribution is 0.161. The zero-order chi connectivity index (χ0) is 11.1. The molecule has 0 aromatic carbocycles. The Hall–Kier alpha value is -0.980. The predicted molar refractivity (Wildman–Crippen MR) is 55.4 cm³/mol. The third-order valence-corrected chi connectivity index (χ3v) is 2.09. The van der Waals surface area contributed by atoms with Crippen LogP contribution in [0.5, 0.6) is 0 Å². The monoisotopic (exact) mass is 214 g/mol. The van der Waals surface area contributed by atoms with Crippen LogP contribution in [0, 0.1) is 0 Å². The molecule has 0 saturated heterocycles. The molecule has 15 heavy (non-hydrogen) atoms. The Morgan fingerprint density at radius 3 is 2.73 bits per heavy atom. The van der Waals surface area contributed by atoms with E-state index in [1.807, 2.05) is 0 Å². The molecule has 2 N–H and O–H groups in total. The molecule has 0 aliphatic carbocycles. The third kappa shape index (κ3) is 3.26. The summed E-state index contributed by atoms with van der Waals surface area (Å²) in [6, 6.07) is 0. The molecule has 6 nitrogen and oxygen atoms in total. The topological polar surface area (TPSA) is 75.2 Å². The van der Waals surface area contributed by atoms with Crippen molar-refractivity contribution in [2.75, 3.05) is 27.4 Å². The Labute approximate surface area is 89.3 Å². The molecule has 0 aliphatic rings. The lowest BCUT2D eigenvalue weighted by Crippen LogP contribution is -2.12. The van der Waals surface area contributed by atoms with Gasteiger partial charge in [-0.1, -0.05) is 5.21 Å². The molecular formula is C9H18N4O2. The van der Waals surface area contributed by atoms with Gasteiger partial charge in [-0.05, 0) is 6.54 Å². The van der Waals surface area contributed by atoms with E-state index in [2.05, 4.69) is 10.3 Å². The molecule has 0 amide bonds. The van der Waals surface area contributed by atoms with Gasteiger partial charge >= 0.3 is 0 Å². The molecule has 0 saturated carbocycles. The fourth-order valence-corrected chi connectivity index (χ4v) is 1.35. The van der Waals surface area contributed by atoms with E-state index in [4.69, 9.17) is 15.2 Å². The summed E-state index contributed by atoms with van der Waals surface area (Å²) < 4.78 is 11.9. The first kappa shape index (κ1) is 12.1. The molecule has 1 rings (SSSR count). The maximum Gasteiger partial charge on any atom is 0.0900 e. The molecule has 1 heterocycles. The van der Waals surface area contributed by atoms with Crippen molar-refractivity contribution in [1.82, 2.24) is 15.0 Å². The van der Waals surface area contributed by atoms with Gasteiger partial charge in [0, 0.05) is 20.6 Å². The third-order valence-electron chi connectivity index (χ3n) is 2.09. The van der Waals surface area contributed by atoms with Crippen LogP contribution >= 0.6 is 0 Å². The molecule has 0 bridgehead atoms. The summed E-state index contributed by atoms with van der Waals surface area (Å²) in [5.41, 5.74) is 7.39. The maximum absolute atomic E-state index is 5.49. The first-order valence-electron chi connectivity index (χ1n) is 4.92. The highest BCUT2D eigenvalue weighted by molar-refractivity contribution is 5.09. The molecule has 0 spiro atoms. The normalized spacial score (nSPS) is 10.9. The highest BCUT2D eigenvalue weighted by atomic mass is 16.5. The Bertz CT molecular complexity index is 288. The highest BCUT2D eigenvalue weighted by Gasteiger charge is 2.11. The van der Waals surface area contributed by atoms with Gasteiger partial charge in [0.1, 0.15) is 0 Å². The van der Waals surface area contributed by atoms with Gasteiger partial charge in [-0.3, -0.25) is 0 Å². The minimum atomic E-state index is 0.506. The summed E-state index contributed by atoms with van der Waals surface area (Å²) in [5.74, 6) is 0. The van der Waals surface area contributed by atoms with E-state index in [0.717, 1.165) is 17.8 Å².